The van der Waals surface area contributed by atoms with Crippen molar-refractivity contribution in [1.29, 1.82) is 0 Å². The minimum Gasteiger partial charge on any atom is -0.336 e. The highest BCUT2D eigenvalue weighted by molar-refractivity contribution is 8.00. The van der Waals surface area contributed by atoms with E-state index in [1.54, 1.807) is 33.9 Å². The van der Waals surface area contributed by atoms with Gasteiger partial charge in [-0.2, -0.15) is 0 Å². The second-order valence-electron chi connectivity index (χ2n) is 5.81. The predicted octanol–water partition coefficient (Wildman–Crippen LogP) is 4.61. The lowest BCUT2D eigenvalue weighted by Crippen LogP contribution is -2.31. The number of thiazole rings is 1. The summed E-state index contributed by atoms with van der Waals surface area (Å²) in [6.07, 6.45) is 1.55. The summed E-state index contributed by atoms with van der Waals surface area (Å²) in [5.74, 6) is 0.400. The first-order chi connectivity index (χ1) is 12.6. The first-order valence-electron chi connectivity index (χ1n) is 8.05. The average molecular weight is 401 g/mol. The van der Waals surface area contributed by atoms with E-state index >= 15 is 0 Å². The molecule has 0 spiro atoms. The number of fused-ring (bicyclic) bond motifs is 2. The van der Waals surface area contributed by atoms with E-state index in [2.05, 4.69) is 21.0 Å². The Kier molecular flexibility index (Phi) is 4.88. The molecule has 1 aromatic carbocycles. The number of carbonyl (C=O) groups excluding carboxylic acids is 1. The SMILES string of the molecule is CC(c1nc2ccccc2s1)N(C)C(=O)CSc1ncnc2sccc12. The lowest BCUT2D eigenvalue weighted by molar-refractivity contribution is -0.128. The van der Waals surface area contributed by atoms with Crippen molar-refractivity contribution in [2.24, 2.45) is 0 Å². The van der Waals surface area contributed by atoms with Gasteiger partial charge < -0.3 is 4.90 Å². The second-order valence-corrected chi connectivity index (χ2v) is 8.73. The van der Waals surface area contributed by atoms with Crippen molar-refractivity contribution in [3.05, 3.63) is 47.0 Å². The van der Waals surface area contributed by atoms with Gasteiger partial charge in [-0.1, -0.05) is 23.9 Å². The van der Waals surface area contributed by atoms with Gasteiger partial charge in [-0.25, -0.2) is 15.0 Å². The standard InChI is InChI=1S/C18H16N4OS3/c1-11(16-21-13-5-3-4-6-14(13)26-16)22(2)15(23)9-25-18-12-7-8-24-17(12)19-10-20-18/h3-8,10-11H,9H2,1-2H3. The van der Waals surface area contributed by atoms with Gasteiger partial charge in [0.2, 0.25) is 5.91 Å². The van der Waals surface area contributed by atoms with Crippen molar-refractivity contribution in [3.8, 4) is 0 Å². The molecule has 0 saturated carbocycles. The fourth-order valence-electron chi connectivity index (χ4n) is 2.56. The fraction of sp³-hybridized carbons (Fsp3) is 0.222. The normalized spacial score (nSPS) is 12.5. The summed E-state index contributed by atoms with van der Waals surface area (Å²) in [7, 11) is 1.83. The Hall–Kier alpha value is -2.03. The topological polar surface area (TPSA) is 59.0 Å². The van der Waals surface area contributed by atoms with Gasteiger partial charge in [-0.15, -0.1) is 22.7 Å². The zero-order chi connectivity index (χ0) is 18.1. The van der Waals surface area contributed by atoms with Gasteiger partial charge in [0.1, 0.15) is 21.2 Å². The second kappa shape index (κ2) is 7.30. The zero-order valence-corrected chi connectivity index (χ0v) is 16.7. The molecule has 5 nitrogen and oxygen atoms in total. The molecular formula is C18H16N4OS3. The van der Waals surface area contributed by atoms with Gasteiger partial charge in [-0.05, 0) is 30.5 Å². The van der Waals surface area contributed by atoms with Crippen LogP contribution >= 0.6 is 34.4 Å². The molecule has 8 heteroatoms. The third kappa shape index (κ3) is 3.32. The maximum absolute atomic E-state index is 12.7. The Morgan fingerprint density at radius 1 is 1.27 bits per heavy atom. The number of nitrogens with zero attached hydrogens (tertiary/aromatic N) is 4. The fourth-order valence-corrected chi connectivity index (χ4v) is 5.33. The third-order valence-corrected chi connectivity index (χ3v) is 7.22. The van der Waals surface area contributed by atoms with Gasteiger partial charge in [-0.3, -0.25) is 4.79 Å². The first-order valence-corrected chi connectivity index (χ1v) is 10.7. The Morgan fingerprint density at radius 3 is 2.96 bits per heavy atom. The summed E-state index contributed by atoms with van der Waals surface area (Å²) < 4.78 is 1.14. The van der Waals surface area contributed by atoms with E-state index in [1.165, 1.54) is 11.8 Å². The first kappa shape index (κ1) is 17.4. The molecule has 1 amide bonds. The van der Waals surface area contributed by atoms with Crippen molar-refractivity contribution in [2.45, 2.75) is 18.0 Å². The number of rotatable bonds is 5. The summed E-state index contributed by atoms with van der Waals surface area (Å²) in [5, 5.41) is 4.81. The van der Waals surface area contributed by atoms with Crippen molar-refractivity contribution < 1.29 is 4.79 Å². The molecule has 0 N–H and O–H groups in total. The molecule has 3 aromatic heterocycles. The molecule has 1 unspecified atom stereocenters. The maximum atomic E-state index is 12.7. The van der Waals surface area contributed by atoms with Crippen molar-refractivity contribution >= 4 is 60.8 Å². The molecule has 0 bridgehead atoms. The molecule has 4 aromatic rings. The number of thioether (sulfide) groups is 1. The highest BCUT2D eigenvalue weighted by Gasteiger charge is 2.21. The van der Waals surface area contributed by atoms with E-state index < -0.39 is 0 Å². The van der Waals surface area contributed by atoms with Crippen LogP contribution in [0.15, 0.2) is 47.1 Å². The number of amides is 1. The molecule has 4 rings (SSSR count). The number of para-hydroxylation sites is 1. The van der Waals surface area contributed by atoms with Crippen LogP contribution in [0, 0.1) is 0 Å². The summed E-state index contributed by atoms with van der Waals surface area (Å²) in [4.78, 5) is 28.6. The Labute approximate surface area is 163 Å². The minimum absolute atomic E-state index is 0.0590. The van der Waals surface area contributed by atoms with E-state index in [4.69, 9.17) is 0 Å². The Bertz CT molecular complexity index is 1040. The monoisotopic (exact) mass is 400 g/mol. The smallest absolute Gasteiger partial charge is 0.233 e. The van der Waals surface area contributed by atoms with Crippen LogP contribution in [0.5, 0.6) is 0 Å². The van der Waals surface area contributed by atoms with E-state index in [-0.39, 0.29) is 11.9 Å². The highest BCUT2D eigenvalue weighted by Crippen LogP contribution is 2.31. The molecule has 0 saturated heterocycles. The van der Waals surface area contributed by atoms with Gasteiger partial charge in [0.15, 0.2) is 0 Å². The number of benzene rings is 1. The Morgan fingerprint density at radius 2 is 2.12 bits per heavy atom. The molecule has 3 heterocycles. The van der Waals surface area contributed by atoms with Gasteiger partial charge in [0.05, 0.1) is 22.0 Å². The molecule has 0 radical (unpaired) electrons. The molecular weight excluding hydrogens is 384 g/mol. The molecule has 0 fully saturated rings. The minimum atomic E-state index is -0.0629. The molecule has 0 aliphatic rings. The quantitative estimate of drug-likeness (QED) is 0.362. The van der Waals surface area contributed by atoms with Crippen molar-refractivity contribution in [1.82, 2.24) is 19.9 Å². The molecule has 1 atom stereocenters. The van der Waals surface area contributed by atoms with E-state index in [9.17, 15) is 4.79 Å². The molecule has 0 aliphatic carbocycles. The number of hydrogen-bond donors (Lipinski definition) is 0. The van der Waals surface area contributed by atoms with Gasteiger partial charge in [0.25, 0.3) is 0 Å². The van der Waals surface area contributed by atoms with E-state index in [0.717, 1.165) is 30.5 Å². The van der Waals surface area contributed by atoms with Gasteiger partial charge >= 0.3 is 0 Å². The third-order valence-electron chi connectivity index (χ3n) is 4.20. The molecule has 0 aliphatic heterocycles. The number of thiophene rings is 1. The molecule has 132 valence electrons. The zero-order valence-electron chi connectivity index (χ0n) is 14.2. The largest absolute Gasteiger partial charge is 0.336 e. The summed E-state index contributed by atoms with van der Waals surface area (Å²) in [6, 6.07) is 9.98. The van der Waals surface area contributed by atoms with Crippen LogP contribution in [0.2, 0.25) is 0 Å². The highest BCUT2D eigenvalue weighted by atomic mass is 32.2. The molecule has 26 heavy (non-hydrogen) atoms. The summed E-state index contributed by atoms with van der Waals surface area (Å²) in [6.45, 7) is 2.02. The van der Waals surface area contributed by atoms with Crippen molar-refractivity contribution in [3.63, 3.8) is 0 Å². The lowest BCUT2D eigenvalue weighted by atomic mass is 10.3. The van der Waals surface area contributed by atoms with E-state index in [0.29, 0.717) is 5.75 Å². The average Bonchev–Trinajstić information content (AvgIpc) is 3.31. The van der Waals surface area contributed by atoms with Crippen LogP contribution in [0.3, 0.4) is 0 Å². The number of hydrogen-bond acceptors (Lipinski definition) is 7. The van der Waals surface area contributed by atoms with Crippen molar-refractivity contribution in [2.75, 3.05) is 12.8 Å². The van der Waals surface area contributed by atoms with Gasteiger partial charge in [0, 0.05) is 12.4 Å². The predicted molar refractivity (Wildman–Crippen MR) is 109 cm³/mol. The maximum Gasteiger partial charge on any atom is 0.233 e. The van der Waals surface area contributed by atoms with Crippen LogP contribution < -0.4 is 0 Å². The lowest BCUT2D eigenvalue weighted by Gasteiger charge is -2.23. The summed E-state index contributed by atoms with van der Waals surface area (Å²) >= 11 is 4.67. The van der Waals surface area contributed by atoms with Crippen LogP contribution in [-0.2, 0) is 4.79 Å². The van der Waals surface area contributed by atoms with Crippen LogP contribution in [-0.4, -0.2) is 38.6 Å². The summed E-state index contributed by atoms with van der Waals surface area (Å²) in [5.41, 5.74) is 0.982. The number of carbonyl (C=O) groups is 1. The number of aromatic nitrogens is 3. The van der Waals surface area contributed by atoms with Crippen LogP contribution in [0.4, 0.5) is 0 Å². The van der Waals surface area contributed by atoms with Crippen LogP contribution in [0.1, 0.15) is 18.0 Å². The van der Waals surface area contributed by atoms with Crippen LogP contribution in [0.25, 0.3) is 20.4 Å². The van der Waals surface area contributed by atoms with E-state index in [1.807, 2.05) is 43.6 Å². The Balaban J connectivity index is 1.46.